The van der Waals surface area contributed by atoms with Gasteiger partial charge in [-0.3, -0.25) is 4.79 Å². The maximum absolute atomic E-state index is 13.0. The molecular formula is C31H26O4. The summed E-state index contributed by atoms with van der Waals surface area (Å²) in [5.74, 6) is -0.130. The molecule has 0 N–H and O–H groups in total. The van der Waals surface area contributed by atoms with Crippen molar-refractivity contribution in [3.8, 4) is 11.5 Å². The Kier molecular flexibility index (Phi) is 4.75. The second kappa shape index (κ2) is 7.74. The molecule has 35 heavy (non-hydrogen) atoms. The van der Waals surface area contributed by atoms with E-state index >= 15 is 0 Å². The van der Waals surface area contributed by atoms with Crippen LogP contribution in [0.2, 0.25) is 0 Å². The van der Waals surface area contributed by atoms with E-state index in [-0.39, 0.29) is 12.4 Å². The lowest BCUT2D eigenvalue weighted by Gasteiger charge is -2.40. The fraction of sp³-hybridized carbons (Fsp3) is 0.194. The smallest absolute Gasteiger partial charge is 0.310 e. The van der Waals surface area contributed by atoms with Gasteiger partial charge in [-0.05, 0) is 66.6 Å². The van der Waals surface area contributed by atoms with Crippen molar-refractivity contribution in [2.45, 2.75) is 38.6 Å². The van der Waals surface area contributed by atoms with Crippen molar-refractivity contribution >= 4 is 39.7 Å². The molecule has 4 nitrogen and oxygen atoms in total. The normalized spacial score (nSPS) is 18.4. The van der Waals surface area contributed by atoms with Crippen molar-refractivity contribution in [3.63, 3.8) is 0 Å². The van der Waals surface area contributed by atoms with Crippen LogP contribution >= 0.6 is 0 Å². The molecule has 1 spiro atoms. The number of hydrogen-bond acceptors (Lipinski definition) is 4. The van der Waals surface area contributed by atoms with Gasteiger partial charge in [0.2, 0.25) is 0 Å². The molecule has 0 saturated heterocycles. The van der Waals surface area contributed by atoms with Crippen LogP contribution in [0.25, 0.3) is 33.7 Å². The van der Waals surface area contributed by atoms with Crippen LogP contribution in [0.1, 0.15) is 38.3 Å². The zero-order valence-corrected chi connectivity index (χ0v) is 20.0. The van der Waals surface area contributed by atoms with Crippen molar-refractivity contribution < 1.29 is 19.0 Å². The van der Waals surface area contributed by atoms with E-state index in [2.05, 4.69) is 24.3 Å². The van der Waals surface area contributed by atoms with E-state index in [1.54, 1.807) is 0 Å². The van der Waals surface area contributed by atoms with Crippen LogP contribution in [-0.2, 0) is 9.53 Å². The molecule has 0 amide bonds. The lowest BCUT2D eigenvalue weighted by Crippen LogP contribution is -2.46. The minimum Gasteiger partial charge on any atom is -0.460 e. The van der Waals surface area contributed by atoms with Crippen LogP contribution in [0.3, 0.4) is 0 Å². The second-order valence-corrected chi connectivity index (χ2v) is 10.0. The van der Waals surface area contributed by atoms with Gasteiger partial charge in [0.05, 0.1) is 6.42 Å². The Hall–Kier alpha value is -4.05. The van der Waals surface area contributed by atoms with Crippen LogP contribution in [0.15, 0.2) is 84.4 Å². The maximum Gasteiger partial charge on any atom is 0.310 e. The molecule has 174 valence electrons. The maximum atomic E-state index is 13.0. The van der Waals surface area contributed by atoms with Crippen molar-refractivity contribution in [1.82, 2.24) is 0 Å². The average Bonchev–Trinajstić information content (AvgIpc) is 2.83. The van der Waals surface area contributed by atoms with Gasteiger partial charge in [0.1, 0.15) is 17.1 Å². The zero-order valence-electron chi connectivity index (χ0n) is 20.0. The molecule has 0 bridgehead atoms. The molecular weight excluding hydrogens is 436 g/mol. The topological polar surface area (TPSA) is 44.8 Å². The Morgan fingerprint density at radius 1 is 0.800 bits per heavy atom. The van der Waals surface area contributed by atoms with E-state index < -0.39 is 11.4 Å². The first-order chi connectivity index (χ1) is 16.8. The van der Waals surface area contributed by atoms with E-state index in [9.17, 15) is 4.79 Å². The Balaban J connectivity index is 1.49. The van der Waals surface area contributed by atoms with Gasteiger partial charge in [0, 0.05) is 22.8 Å². The molecule has 4 aromatic rings. The third-order valence-corrected chi connectivity index (χ3v) is 6.37. The van der Waals surface area contributed by atoms with Gasteiger partial charge in [-0.25, -0.2) is 0 Å². The van der Waals surface area contributed by atoms with Crippen LogP contribution in [-0.4, -0.2) is 17.4 Å². The average molecular weight is 463 g/mol. The Morgan fingerprint density at radius 2 is 1.37 bits per heavy atom. The van der Waals surface area contributed by atoms with E-state index in [0.717, 1.165) is 32.7 Å². The van der Waals surface area contributed by atoms with Gasteiger partial charge in [-0.2, -0.15) is 0 Å². The summed E-state index contributed by atoms with van der Waals surface area (Å²) in [6.45, 7) is 5.61. The molecule has 1 unspecified atom stereocenters. The monoisotopic (exact) mass is 462 g/mol. The number of rotatable bonds is 2. The summed E-state index contributed by atoms with van der Waals surface area (Å²) in [5, 5.41) is 4.42. The van der Waals surface area contributed by atoms with E-state index in [1.165, 1.54) is 0 Å². The van der Waals surface area contributed by atoms with Crippen LogP contribution in [0, 0.1) is 0 Å². The molecule has 4 heteroatoms. The summed E-state index contributed by atoms with van der Waals surface area (Å²) in [6, 6.07) is 24.4. The summed E-state index contributed by atoms with van der Waals surface area (Å²) >= 11 is 0. The van der Waals surface area contributed by atoms with Gasteiger partial charge >= 0.3 is 5.97 Å². The number of hydrogen-bond donors (Lipinski definition) is 0. The van der Waals surface area contributed by atoms with Crippen molar-refractivity contribution in [2.24, 2.45) is 0 Å². The Labute approximate surface area is 204 Å². The van der Waals surface area contributed by atoms with Crippen molar-refractivity contribution in [1.29, 1.82) is 0 Å². The van der Waals surface area contributed by atoms with E-state index in [4.69, 9.17) is 14.2 Å². The lowest BCUT2D eigenvalue weighted by atomic mass is 9.90. The first-order valence-corrected chi connectivity index (χ1v) is 11.9. The number of esters is 1. The number of fused-ring (bicyclic) bond motifs is 6. The second-order valence-electron chi connectivity index (χ2n) is 10.0. The van der Waals surface area contributed by atoms with Crippen LogP contribution in [0.5, 0.6) is 11.5 Å². The lowest BCUT2D eigenvalue weighted by molar-refractivity contribution is -0.155. The summed E-state index contributed by atoms with van der Waals surface area (Å²) in [5.41, 5.74) is 2.05. The number of benzene rings is 4. The van der Waals surface area contributed by atoms with Gasteiger partial charge in [-0.1, -0.05) is 60.7 Å². The molecule has 0 aliphatic carbocycles. The minimum atomic E-state index is -1.23. The van der Waals surface area contributed by atoms with Gasteiger partial charge in [0.15, 0.2) is 0 Å². The standard InChI is InChI=1S/C31H26O4/c1-30(2,3)35-29(32)19-22-18-26-24-11-7-5-9-21(24)13-15-28(26)34-31(22)17-16-25-23-10-6-4-8-20(23)12-14-27(25)33-31/h4-18H,19H2,1-3H3. The third-order valence-electron chi connectivity index (χ3n) is 6.37. The quantitative estimate of drug-likeness (QED) is 0.293. The first-order valence-electron chi connectivity index (χ1n) is 11.9. The largest absolute Gasteiger partial charge is 0.460 e. The Morgan fingerprint density at radius 3 is 2.00 bits per heavy atom. The number of ether oxygens (including phenoxy) is 3. The molecule has 0 aromatic heterocycles. The fourth-order valence-electron chi connectivity index (χ4n) is 4.88. The SMILES string of the molecule is CC(C)(C)OC(=O)CC1=Cc2c(ccc3ccccc23)OC12C=Cc1c(ccc3ccccc13)O2. The van der Waals surface area contributed by atoms with Gasteiger partial charge in [-0.15, -0.1) is 0 Å². The fourth-order valence-corrected chi connectivity index (χ4v) is 4.88. The van der Waals surface area contributed by atoms with Crippen LogP contribution < -0.4 is 9.47 Å². The zero-order chi connectivity index (χ0) is 24.2. The molecule has 6 rings (SSSR count). The summed E-state index contributed by atoms with van der Waals surface area (Å²) in [4.78, 5) is 13.0. The molecule has 4 aromatic carbocycles. The molecule has 2 aliphatic rings. The van der Waals surface area contributed by atoms with E-state index in [1.807, 2.05) is 87.5 Å². The first kappa shape index (κ1) is 21.5. The predicted molar refractivity (Wildman–Crippen MR) is 139 cm³/mol. The summed E-state index contributed by atoms with van der Waals surface area (Å²) in [6.07, 6.45) is 6.03. The van der Waals surface area contributed by atoms with Crippen molar-refractivity contribution in [2.75, 3.05) is 0 Å². The number of carbonyl (C=O) groups is 1. The molecule has 0 fully saturated rings. The molecule has 2 heterocycles. The predicted octanol–water partition coefficient (Wildman–Crippen LogP) is 7.30. The minimum absolute atomic E-state index is 0.0488. The van der Waals surface area contributed by atoms with Crippen molar-refractivity contribution in [3.05, 3.63) is 95.6 Å². The molecule has 1 atom stereocenters. The Bertz CT molecular complexity index is 1550. The molecule has 0 saturated carbocycles. The molecule has 0 radical (unpaired) electrons. The van der Waals surface area contributed by atoms with E-state index in [0.29, 0.717) is 17.1 Å². The molecule has 2 aliphatic heterocycles. The van der Waals surface area contributed by atoms with Gasteiger partial charge < -0.3 is 14.2 Å². The number of carbonyl (C=O) groups excluding carboxylic acids is 1. The van der Waals surface area contributed by atoms with Gasteiger partial charge in [0.25, 0.3) is 5.79 Å². The highest BCUT2D eigenvalue weighted by molar-refractivity contribution is 5.96. The highest BCUT2D eigenvalue weighted by Gasteiger charge is 2.44. The van der Waals surface area contributed by atoms with Crippen LogP contribution in [0.4, 0.5) is 0 Å². The highest BCUT2D eigenvalue weighted by atomic mass is 16.7. The summed E-state index contributed by atoms with van der Waals surface area (Å²) < 4.78 is 18.9. The third kappa shape index (κ3) is 3.75. The highest BCUT2D eigenvalue weighted by Crippen LogP contribution is 2.46. The summed E-state index contributed by atoms with van der Waals surface area (Å²) in [7, 11) is 0.